The van der Waals surface area contributed by atoms with E-state index in [2.05, 4.69) is 26.2 Å². The Morgan fingerprint density at radius 3 is 2.55 bits per heavy atom. The van der Waals surface area contributed by atoms with Crippen LogP contribution in [0.4, 0.5) is 11.4 Å². The molecule has 1 fully saturated rings. The lowest BCUT2D eigenvalue weighted by Gasteiger charge is -2.07. The highest BCUT2D eigenvalue weighted by atomic mass is 35.5. The summed E-state index contributed by atoms with van der Waals surface area (Å²) < 4.78 is 0. The molecule has 0 saturated carbocycles. The molecule has 1 unspecified atom stereocenters. The van der Waals surface area contributed by atoms with Crippen LogP contribution >= 0.6 is 23.4 Å². The van der Waals surface area contributed by atoms with E-state index in [-0.39, 0.29) is 24.1 Å². The van der Waals surface area contributed by atoms with Gasteiger partial charge in [0.1, 0.15) is 5.25 Å². The highest BCUT2D eigenvalue weighted by Crippen LogP contribution is 2.23. The van der Waals surface area contributed by atoms with Gasteiger partial charge in [-0.1, -0.05) is 35.5 Å². The van der Waals surface area contributed by atoms with Crippen molar-refractivity contribution >= 4 is 63.3 Å². The van der Waals surface area contributed by atoms with E-state index in [0.717, 1.165) is 17.3 Å². The third-order valence-electron chi connectivity index (χ3n) is 4.17. The summed E-state index contributed by atoms with van der Waals surface area (Å²) in [6.07, 6.45) is -0.000393. The number of benzene rings is 2. The van der Waals surface area contributed by atoms with E-state index in [1.807, 2.05) is 6.07 Å². The number of nitrogens with one attached hydrogen (secondary N) is 3. The Morgan fingerprint density at radius 1 is 1.10 bits per heavy atom. The number of carbonyl (C=O) groups is 3. The monoisotopic (exact) mass is 457 g/mol. The lowest BCUT2D eigenvalue weighted by atomic mass is 10.1. The van der Waals surface area contributed by atoms with Crippen molar-refractivity contribution in [3.05, 3.63) is 59.1 Å². The lowest BCUT2D eigenvalue weighted by molar-refractivity contribution is -0.122. The molecule has 2 aromatic rings. The standard InChI is InChI=1S/C21H20ClN5O3S/c1-12(14-4-3-5-17(10-14)23-13(2)28)26-27-21-25-20(30)18(31-21)11-19(29)24-16-8-6-15(22)7-9-16/h3-10,18H,11H2,1-2H3,(H,23,28)(H,24,29)(H,25,27,30). The number of amides is 3. The van der Waals surface area contributed by atoms with Gasteiger partial charge < -0.3 is 16.0 Å². The summed E-state index contributed by atoms with van der Waals surface area (Å²) in [5.41, 5.74) is 2.65. The second kappa shape index (κ2) is 10.2. The van der Waals surface area contributed by atoms with Crippen molar-refractivity contribution in [3.63, 3.8) is 0 Å². The molecule has 3 N–H and O–H groups in total. The van der Waals surface area contributed by atoms with Crippen LogP contribution < -0.4 is 16.0 Å². The van der Waals surface area contributed by atoms with Crippen LogP contribution in [-0.2, 0) is 14.4 Å². The minimum atomic E-state index is -0.593. The summed E-state index contributed by atoms with van der Waals surface area (Å²) in [5, 5.41) is 16.6. The van der Waals surface area contributed by atoms with Gasteiger partial charge in [-0.05, 0) is 48.9 Å². The van der Waals surface area contributed by atoms with Gasteiger partial charge >= 0.3 is 0 Å². The Balaban J connectivity index is 1.60. The molecule has 1 heterocycles. The van der Waals surface area contributed by atoms with Crippen molar-refractivity contribution < 1.29 is 14.4 Å². The Bertz CT molecular complexity index is 1070. The van der Waals surface area contributed by atoms with Crippen molar-refractivity contribution in [3.8, 4) is 0 Å². The first-order chi connectivity index (χ1) is 14.8. The Hall–Kier alpha value is -3.17. The number of hydrogen-bond donors (Lipinski definition) is 3. The smallest absolute Gasteiger partial charge is 0.240 e. The van der Waals surface area contributed by atoms with Gasteiger partial charge in [0.25, 0.3) is 0 Å². The number of halogens is 1. The molecule has 31 heavy (non-hydrogen) atoms. The summed E-state index contributed by atoms with van der Waals surface area (Å²) in [5.74, 6) is -0.746. The maximum absolute atomic E-state index is 12.2. The average molecular weight is 458 g/mol. The fourth-order valence-electron chi connectivity index (χ4n) is 2.70. The molecule has 3 amide bonds. The van der Waals surface area contributed by atoms with Gasteiger partial charge in [-0.25, -0.2) is 0 Å². The average Bonchev–Trinajstić information content (AvgIpc) is 3.06. The summed E-state index contributed by atoms with van der Waals surface area (Å²) in [6, 6.07) is 13.9. The quantitative estimate of drug-likeness (QED) is 0.454. The SMILES string of the molecule is CC(=O)Nc1cccc(C(C)=N/N=C2/NC(=O)C(CC(=O)Nc3ccc(Cl)cc3)S2)c1. The molecule has 0 bridgehead atoms. The van der Waals surface area contributed by atoms with Crippen molar-refractivity contribution in [1.29, 1.82) is 0 Å². The molecular weight excluding hydrogens is 438 g/mol. The predicted molar refractivity (Wildman–Crippen MR) is 125 cm³/mol. The molecule has 8 nitrogen and oxygen atoms in total. The van der Waals surface area contributed by atoms with E-state index < -0.39 is 5.25 Å². The van der Waals surface area contributed by atoms with E-state index in [4.69, 9.17) is 11.6 Å². The number of thioether (sulfide) groups is 1. The topological polar surface area (TPSA) is 112 Å². The van der Waals surface area contributed by atoms with E-state index in [0.29, 0.717) is 27.3 Å². The first-order valence-electron chi connectivity index (χ1n) is 9.33. The number of rotatable bonds is 6. The fraction of sp³-hybridized carbons (Fsp3) is 0.190. The van der Waals surface area contributed by atoms with Crippen LogP contribution in [0, 0.1) is 0 Å². The van der Waals surface area contributed by atoms with Crippen LogP contribution in [0.5, 0.6) is 0 Å². The van der Waals surface area contributed by atoms with Gasteiger partial charge in [0.05, 0.1) is 5.71 Å². The summed E-state index contributed by atoms with van der Waals surface area (Å²) in [7, 11) is 0. The van der Waals surface area contributed by atoms with Crippen molar-refractivity contribution in [2.75, 3.05) is 10.6 Å². The van der Waals surface area contributed by atoms with Crippen molar-refractivity contribution in [1.82, 2.24) is 5.32 Å². The molecule has 1 aliphatic heterocycles. The third kappa shape index (κ3) is 6.66. The summed E-state index contributed by atoms with van der Waals surface area (Å²) in [6.45, 7) is 3.21. The van der Waals surface area contributed by atoms with Gasteiger partial charge in [0.2, 0.25) is 17.7 Å². The highest BCUT2D eigenvalue weighted by Gasteiger charge is 2.32. The highest BCUT2D eigenvalue weighted by molar-refractivity contribution is 8.15. The van der Waals surface area contributed by atoms with Crippen LogP contribution in [0.2, 0.25) is 5.02 Å². The van der Waals surface area contributed by atoms with E-state index in [9.17, 15) is 14.4 Å². The zero-order chi connectivity index (χ0) is 22.4. The third-order valence-corrected chi connectivity index (χ3v) is 5.49. The van der Waals surface area contributed by atoms with Gasteiger partial charge in [0.15, 0.2) is 5.17 Å². The minimum absolute atomic E-state index is 0.000393. The first-order valence-corrected chi connectivity index (χ1v) is 10.6. The van der Waals surface area contributed by atoms with Crippen molar-refractivity contribution in [2.24, 2.45) is 10.2 Å². The number of carbonyl (C=O) groups excluding carboxylic acids is 3. The number of nitrogens with zero attached hydrogens (tertiary/aromatic N) is 2. The Labute approximate surface area is 188 Å². The van der Waals surface area contributed by atoms with Crippen molar-refractivity contribution in [2.45, 2.75) is 25.5 Å². The minimum Gasteiger partial charge on any atom is -0.326 e. The van der Waals surface area contributed by atoms with Gasteiger partial charge in [-0.2, -0.15) is 5.10 Å². The summed E-state index contributed by atoms with van der Waals surface area (Å²) >= 11 is 6.98. The lowest BCUT2D eigenvalue weighted by Crippen LogP contribution is -2.28. The van der Waals surface area contributed by atoms with Crippen LogP contribution in [0.25, 0.3) is 0 Å². The molecular formula is C21H20ClN5O3S. The zero-order valence-electron chi connectivity index (χ0n) is 16.8. The molecule has 0 radical (unpaired) electrons. The van der Waals surface area contributed by atoms with Crippen LogP contribution in [0.3, 0.4) is 0 Å². The summed E-state index contributed by atoms with van der Waals surface area (Å²) in [4.78, 5) is 35.6. The Morgan fingerprint density at radius 2 is 1.84 bits per heavy atom. The molecule has 1 aliphatic rings. The number of amidine groups is 1. The maximum atomic E-state index is 12.2. The molecule has 0 aromatic heterocycles. The Kier molecular flexibility index (Phi) is 7.43. The largest absolute Gasteiger partial charge is 0.326 e. The van der Waals surface area contributed by atoms with Gasteiger partial charge in [-0.15, -0.1) is 5.10 Å². The normalized spacial score (nSPS) is 17.4. The van der Waals surface area contributed by atoms with Gasteiger partial charge in [0, 0.05) is 29.7 Å². The second-order valence-electron chi connectivity index (χ2n) is 6.71. The molecule has 1 saturated heterocycles. The molecule has 1 atom stereocenters. The van der Waals surface area contributed by atoms with E-state index >= 15 is 0 Å². The molecule has 10 heteroatoms. The molecule has 0 spiro atoms. The number of hydrogen-bond acceptors (Lipinski definition) is 6. The van der Waals surface area contributed by atoms with E-state index in [1.165, 1.54) is 6.92 Å². The van der Waals surface area contributed by atoms with Gasteiger partial charge in [-0.3, -0.25) is 14.4 Å². The maximum Gasteiger partial charge on any atom is 0.240 e. The zero-order valence-corrected chi connectivity index (χ0v) is 18.4. The molecule has 3 rings (SSSR count). The molecule has 2 aromatic carbocycles. The second-order valence-corrected chi connectivity index (χ2v) is 8.34. The molecule has 0 aliphatic carbocycles. The fourth-order valence-corrected chi connectivity index (χ4v) is 3.75. The van der Waals surface area contributed by atoms with Crippen LogP contribution in [0.1, 0.15) is 25.8 Å². The van der Waals surface area contributed by atoms with Crippen LogP contribution in [0.15, 0.2) is 58.7 Å². The molecule has 160 valence electrons. The van der Waals surface area contributed by atoms with E-state index in [1.54, 1.807) is 49.4 Å². The number of anilines is 2. The van der Waals surface area contributed by atoms with Crippen LogP contribution in [-0.4, -0.2) is 33.9 Å². The predicted octanol–water partition coefficient (Wildman–Crippen LogP) is 3.64. The first kappa shape index (κ1) is 22.5.